The summed E-state index contributed by atoms with van der Waals surface area (Å²) in [4.78, 5) is 4.12. The summed E-state index contributed by atoms with van der Waals surface area (Å²) in [5.41, 5.74) is 2.42. The smallest absolute Gasteiger partial charge is 0.0491 e. The maximum atomic E-state index is 4.12. The number of nitrogens with zero attached hydrogens (tertiary/aromatic N) is 2. The van der Waals surface area contributed by atoms with Crippen molar-refractivity contribution in [2.24, 2.45) is 0 Å². The van der Waals surface area contributed by atoms with Crippen molar-refractivity contribution >= 4 is 10.9 Å². The van der Waals surface area contributed by atoms with Gasteiger partial charge in [0, 0.05) is 42.1 Å². The molecule has 2 nitrogen and oxygen atoms in total. The zero-order chi connectivity index (χ0) is 10.8. The third-order valence-corrected chi connectivity index (χ3v) is 2.67. The number of hydrogen-bond donors (Lipinski definition) is 0. The zero-order valence-electron chi connectivity index (χ0n) is 8.80. The third-order valence-electron chi connectivity index (χ3n) is 2.67. The Balaban J connectivity index is 2.01. The van der Waals surface area contributed by atoms with E-state index in [4.69, 9.17) is 0 Å². The highest BCUT2D eigenvalue weighted by Crippen LogP contribution is 2.15. The lowest BCUT2D eigenvalue weighted by Gasteiger charge is -2.04. The number of fused-ring (bicyclic) bond motifs is 1. The lowest BCUT2D eigenvalue weighted by atomic mass is 10.2. The van der Waals surface area contributed by atoms with Gasteiger partial charge in [0.25, 0.3) is 0 Å². The third kappa shape index (κ3) is 1.58. The highest BCUT2D eigenvalue weighted by Gasteiger charge is 2.00. The van der Waals surface area contributed by atoms with Crippen LogP contribution in [-0.4, -0.2) is 9.55 Å². The Bertz CT molecular complexity index is 596. The van der Waals surface area contributed by atoms with Crippen LogP contribution in [0.5, 0.6) is 0 Å². The summed E-state index contributed by atoms with van der Waals surface area (Å²) in [6.45, 7) is 0.845. The van der Waals surface area contributed by atoms with Crippen LogP contribution in [0.2, 0.25) is 0 Å². The number of aromatic nitrogens is 2. The van der Waals surface area contributed by atoms with E-state index in [9.17, 15) is 0 Å². The molecule has 0 aliphatic heterocycles. The van der Waals surface area contributed by atoms with Gasteiger partial charge in [-0.15, -0.1) is 0 Å². The van der Waals surface area contributed by atoms with Crippen molar-refractivity contribution in [2.75, 3.05) is 0 Å². The van der Waals surface area contributed by atoms with Crippen molar-refractivity contribution in [3.63, 3.8) is 0 Å². The molecule has 2 heterocycles. The summed E-state index contributed by atoms with van der Waals surface area (Å²) in [6, 6.07) is 15.6. The van der Waals surface area contributed by atoms with Crippen molar-refractivity contribution < 1.29 is 0 Å². The van der Waals surface area contributed by atoms with Crippen LogP contribution in [0.15, 0.2) is 55.0 Å². The molecule has 0 saturated carbocycles. The monoisotopic (exact) mass is 207 g/mol. The Labute approximate surface area is 94.2 Å². The molecular formula is C14H11N2. The van der Waals surface area contributed by atoms with Crippen LogP contribution in [0.25, 0.3) is 10.9 Å². The quantitative estimate of drug-likeness (QED) is 0.631. The fraction of sp³-hybridized carbons (Fsp3) is 0.0714. The number of para-hydroxylation sites is 1. The van der Waals surface area contributed by atoms with Crippen LogP contribution >= 0.6 is 0 Å². The van der Waals surface area contributed by atoms with Gasteiger partial charge in [0.1, 0.15) is 0 Å². The topological polar surface area (TPSA) is 17.8 Å². The van der Waals surface area contributed by atoms with E-state index in [1.54, 1.807) is 6.20 Å². The Morgan fingerprint density at radius 1 is 1.12 bits per heavy atom. The first kappa shape index (κ1) is 9.16. The zero-order valence-corrected chi connectivity index (χ0v) is 8.80. The molecule has 16 heavy (non-hydrogen) atoms. The van der Waals surface area contributed by atoms with E-state index >= 15 is 0 Å². The molecule has 0 N–H and O–H groups in total. The first-order valence-electron chi connectivity index (χ1n) is 5.28. The maximum Gasteiger partial charge on any atom is 0.0491 e. The second-order valence-electron chi connectivity index (χ2n) is 3.78. The summed E-state index contributed by atoms with van der Waals surface area (Å²) in [5, 5.41) is 1.16. The van der Waals surface area contributed by atoms with Crippen LogP contribution < -0.4 is 0 Å². The summed E-state index contributed by atoms with van der Waals surface area (Å²) in [6.07, 6.45) is 5.69. The molecule has 0 fully saturated rings. The minimum atomic E-state index is 0.845. The van der Waals surface area contributed by atoms with Gasteiger partial charge in [0.15, 0.2) is 0 Å². The van der Waals surface area contributed by atoms with E-state index in [1.807, 2.05) is 24.5 Å². The predicted octanol–water partition coefficient (Wildman–Crippen LogP) is 2.88. The normalized spacial score (nSPS) is 10.8. The Kier molecular flexibility index (Phi) is 2.18. The number of hydrogen-bond acceptors (Lipinski definition) is 1. The molecule has 0 amide bonds. The maximum absolute atomic E-state index is 4.12. The van der Waals surface area contributed by atoms with Crippen molar-refractivity contribution in [2.45, 2.75) is 6.54 Å². The fourth-order valence-electron chi connectivity index (χ4n) is 1.88. The van der Waals surface area contributed by atoms with Gasteiger partial charge in [-0.1, -0.05) is 24.3 Å². The van der Waals surface area contributed by atoms with Gasteiger partial charge >= 0.3 is 0 Å². The van der Waals surface area contributed by atoms with E-state index in [-0.39, 0.29) is 0 Å². The van der Waals surface area contributed by atoms with Gasteiger partial charge in [-0.05, 0) is 17.7 Å². The standard InChI is InChI=1S/C14H11N2/c1-2-6-14-13(5-1)7-9-16(14)11-12-4-3-8-15-10-12/h1-6,8-10H,11H2. The van der Waals surface area contributed by atoms with Crippen LogP contribution in [0.3, 0.4) is 0 Å². The largest absolute Gasteiger partial charge is 0.342 e. The van der Waals surface area contributed by atoms with E-state index in [2.05, 4.69) is 39.9 Å². The molecule has 2 heteroatoms. The highest BCUT2D eigenvalue weighted by molar-refractivity contribution is 5.79. The van der Waals surface area contributed by atoms with Gasteiger partial charge < -0.3 is 4.57 Å². The van der Waals surface area contributed by atoms with E-state index in [0.29, 0.717) is 0 Å². The van der Waals surface area contributed by atoms with Crippen molar-refractivity contribution in [1.82, 2.24) is 9.55 Å². The SMILES string of the molecule is [c]1cn(Cc2cccnc2)c2ccccc12. The molecule has 0 spiro atoms. The first-order chi connectivity index (χ1) is 7.93. The molecule has 3 aromatic rings. The van der Waals surface area contributed by atoms with Gasteiger partial charge in [0.2, 0.25) is 0 Å². The predicted molar refractivity (Wildman–Crippen MR) is 64.1 cm³/mol. The van der Waals surface area contributed by atoms with E-state index < -0.39 is 0 Å². The molecule has 3 rings (SSSR count). The Hall–Kier alpha value is -2.09. The fourth-order valence-corrected chi connectivity index (χ4v) is 1.88. The lowest BCUT2D eigenvalue weighted by Crippen LogP contribution is -1.97. The molecule has 0 atom stereocenters. The van der Waals surface area contributed by atoms with Crippen LogP contribution in [-0.2, 0) is 6.54 Å². The molecule has 1 radical (unpaired) electrons. The Morgan fingerprint density at radius 3 is 2.94 bits per heavy atom. The molecule has 2 aromatic heterocycles. The molecule has 77 valence electrons. The van der Waals surface area contributed by atoms with Crippen molar-refractivity contribution in [3.05, 3.63) is 66.6 Å². The summed E-state index contributed by atoms with van der Waals surface area (Å²) < 4.78 is 2.19. The molecular weight excluding hydrogens is 196 g/mol. The number of pyridine rings is 1. The summed E-state index contributed by atoms with van der Waals surface area (Å²) >= 11 is 0. The van der Waals surface area contributed by atoms with E-state index in [0.717, 1.165) is 11.9 Å². The van der Waals surface area contributed by atoms with Gasteiger partial charge in [-0.25, -0.2) is 0 Å². The van der Waals surface area contributed by atoms with Gasteiger partial charge in [-0.2, -0.15) is 0 Å². The molecule has 1 aromatic carbocycles. The first-order valence-corrected chi connectivity index (χ1v) is 5.28. The molecule has 0 aliphatic carbocycles. The molecule has 0 bridgehead atoms. The molecule has 0 aliphatic rings. The number of benzene rings is 1. The molecule has 0 saturated heterocycles. The van der Waals surface area contributed by atoms with Crippen LogP contribution in [0.1, 0.15) is 5.56 Å². The highest BCUT2D eigenvalue weighted by atomic mass is 14.9. The minimum Gasteiger partial charge on any atom is -0.342 e. The van der Waals surface area contributed by atoms with E-state index in [1.165, 1.54) is 11.1 Å². The lowest BCUT2D eigenvalue weighted by molar-refractivity contribution is 0.831. The van der Waals surface area contributed by atoms with Crippen LogP contribution in [0.4, 0.5) is 0 Å². The van der Waals surface area contributed by atoms with Gasteiger partial charge in [0.05, 0.1) is 0 Å². The second kappa shape index (κ2) is 3.81. The molecule has 0 unspecified atom stereocenters. The van der Waals surface area contributed by atoms with Crippen LogP contribution in [0, 0.1) is 6.07 Å². The number of rotatable bonds is 2. The minimum absolute atomic E-state index is 0.845. The summed E-state index contributed by atoms with van der Waals surface area (Å²) in [5.74, 6) is 0. The average molecular weight is 207 g/mol. The average Bonchev–Trinajstić information content (AvgIpc) is 2.74. The van der Waals surface area contributed by atoms with Crippen molar-refractivity contribution in [1.29, 1.82) is 0 Å². The second-order valence-corrected chi connectivity index (χ2v) is 3.78. The summed E-state index contributed by atoms with van der Waals surface area (Å²) in [7, 11) is 0. The Morgan fingerprint density at radius 2 is 2.06 bits per heavy atom. The van der Waals surface area contributed by atoms with Crippen molar-refractivity contribution in [3.8, 4) is 0 Å². The van der Waals surface area contributed by atoms with Gasteiger partial charge in [-0.3, -0.25) is 4.98 Å².